The van der Waals surface area contributed by atoms with Gasteiger partial charge in [-0.05, 0) is 38.1 Å². The van der Waals surface area contributed by atoms with Crippen molar-refractivity contribution in [3.63, 3.8) is 0 Å². The maximum atomic E-state index is 12.7. The average Bonchev–Trinajstić information content (AvgIpc) is 2.81. The fourth-order valence-electron chi connectivity index (χ4n) is 2.15. The van der Waals surface area contributed by atoms with Crippen LogP contribution in [0.3, 0.4) is 0 Å². The quantitative estimate of drug-likeness (QED) is 0.728. The van der Waals surface area contributed by atoms with E-state index in [1.54, 1.807) is 25.1 Å². The highest BCUT2D eigenvalue weighted by Crippen LogP contribution is 2.25. The molecule has 3 aromatic rings. The minimum absolute atomic E-state index is 0.139. The van der Waals surface area contributed by atoms with Crippen LogP contribution in [0.2, 0.25) is 5.02 Å². The van der Waals surface area contributed by atoms with Gasteiger partial charge in [0.2, 0.25) is 9.84 Å². The van der Waals surface area contributed by atoms with Crippen molar-refractivity contribution in [2.45, 2.75) is 23.6 Å². The molecule has 1 aromatic carbocycles. The van der Waals surface area contributed by atoms with Crippen molar-refractivity contribution in [3.8, 4) is 0 Å². The molecule has 0 saturated carbocycles. The van der Waals surface area contributed by atoms with Crippen molar-refractivity contribution in [3.05, 3.63) is 52.9 Å². The monoisotopic (exact) mass is 321 g/mol. The van der Waals surface area contributed by atoms with Crippen LogP contribution in [0.1, 0.15) is 11.4 Å². The van der Waals surface area contributed by atoms with E-state index < -0.39 is 9.84 Å². The first-order chi connectivity index (χ1) is 9.89. The molecule has 2 heterocycles. The Morgan fingerprint density at radius 2 is 1.81 bits per heavy atom. The Bertz CT molecular complexity index is 931. The summed E-state index contributed by atoms with van der Waals surface area (Å²) in [5.41, 5.74) is 1.94. The van der Waals surface area contributed by atoms with Crippen LogP contribution in [0.4, 0.5) is 0 Å². The van der Waals surface area contributed by atoms with Crippen molar-refractivity contribution in [1.29, 1.82) is 0 Å². The van der Waals surface area contributed by atoms with Crippen LogP contribution in [-0.4, -0.2) is 23.0 Å². The van der Waals surface area contributed by atoms with Crippen LogP contribution in [0, 0.1) is 13.8 Å². The second kappa shape index (κ2) is 4.82. The molecule has 0 aliphatic carbocycles. The van der Waals surface area contributed by atoms with Crippen molar-refractivity contribution < 1.29 is 8.42 Å². The Balaban J connectivity index is 2.23. The van der Waals surface area contributed by atoms with E-state index in [1.165, 1.54) is 22.8 Å². The Labute approximate surface area is 127 Å². The summed E-state index contributed by atoms with van der Waals surface area (Å²) in [6.07, 6.45) is 1.37. The molecule has 0 N–H and O–H groups in total. The van der Waals surface area contributed by atoms with Crippen LogP contribution in [0.15, 0.2) is 46.3 Å². The molecule has 21 heavy (non-hydrogen) atoms. The summed E-state index contributed by atoms with van der Waals surface area (Å²) in [7, 11) is -3.65. The molecule has 0 aliphatic rings. The third-order valence-corrected chi connectivity index (χ3v) is 5.34. The van der Waals surface area contributed by atoms with Gasteiger partial charge in [-0.3, -0.25) is 0 Å². The molecule has 108 valence electrons. The number of nitrogens with zero attached hydrogens (tertiary/aromatic N) is 3. The zero-order chi connectivity index (χ0) is 15.2. The van der Waals surface area contributed by atoms with E-state index in [1.807, 2.05) is 6.92 Å². The number of sulfone groups is 1. The number of rotatable bonds is 2. The fourth-order valence-corrected chi connectivity index (χ4v) is 3.69. The summed E-state index contributed by atoms with van der Waals surface area (Å²) < 4.78 is 26.9. The second-order valence-electron chi connectivity index (χ2n) is 4.72. The number of benzene rings is 1. The van der Waals surface area contributed by atoms with E-state index in [0.29, 0.717) is 16.4 Å². The van der Waals surface area contributed by atoms with Gasteiger partial charge < -0.3 is 0 Å². The van der Waals surface area contributed by atoms with E-state index >= 15 is 0 Å². The van der Waals surface area contributed by atoms with Gasteiger partial charge in [-0.2, -0.15) is 5.10 Å². The first-order valence-electron chi connectivity index (χ1n) is 6.22. The highest BCUT2D eigenvalue weighted by atomic mass is 35.5. The van der Waals surface area contributed by atoms with Crippen LogP contribution < -0.4 is 0 Å². The molecule has 0 fully saturated rings. The average molecular weight is 322 g/mol. The molecule has 0 unspecified atom stereocenters. The third kappa shape index (κ3) is 2.30. The summed E-state index contributed by atoms with van der Waals surface area (Å²) in [6, 6.07) is 7.86. The lowest BCUT2D eigenvalue weighted by Crippen LogP contribution is -2.09. The number of aromatic nitrogens is 3. The van der Waals surface area contributed by atoms with Gasteiger partial charge in [-0.1, -0.05) is 11.6 Å². The molecular formula is C14H12ClN3O2S. The molecule has 2 aromatic heterocycles. The van der Waals surface area contributed by atoms with Gasteiger partial charge in [-0.15, -0.1) is 0 Å². The third-order valence-electron chi connectivity index (χ3n) is 3.21. The maximum absolute atomic E-state index is 12.7. The van der Waals surface area contributed by atoms with Crippen molar-refractivity contribution >= 4 is 27.1 Å². The van der Waals surface area contributed by atoms with Crippen LogP contribution in [0.5, 0.6) is 0 Å². The molecule has 0 spiro atoms. The molecule has 0 radical (unpaired) electrons. The largest absolute Gasteiger partial charge is 0.236 e. The van der Waals surface area contributed by atoms with Gasteiger partial charge in [0.1, 0.15) is 4.90 Å². The fraction of sp³-hybridized carbons (Fsp3) is 0.143. The smallest absolute Gasteiger partial charge is 0.209 e. The number of aryl methyl sites for hydroxylation is 2. The highest BCUT2D eigenvalue weighted by Gasteiger charge is 2.22. The van der Waals surface area contributed by atoms with Crippen LogP contribution in [-0.2, 0) is 9.84 Å². The standard InChI is InChI=1S/C14H12ClN3O2S/c1-9-7-14-16-8-13(10(2)18(14)17-9)21(19,20)12-5-3-11(15)4-6-12/h3-8H,1-2H3. The Hall–Kier alpha value is -1.92. The van der Waals surface area contributed by atoms with E-state index in [4.69, 9.17) is 11.6 Å². The van der Waals surface area contributed by atoms with Gasteiger partial charge in [0.05, 0.1) is 22.5 Å². The molecular weight excluding hydrogens is 310 g/mol. The molecule has 0 bridgehead atoms. The molecule has 5 nitrogen and oxygen atoms in total. The van der Waals surface area contributed by atoms with Gasteiger partial charge in [0.25, 0.3) is 0 Å². The molecule has 3 rings (SSSR count). The lowest BCUT2D eigenvalue weighted by atomic mass is 10.4. The minimum Gasteiger partial charge on any atom is -0.236 e. The van der Waals surface area contributed by atoms with Crippen molar-refractivity contribution in [2.24, 2.45) is 0 Å². The first-order valence-corrected chi connectivity index (χ1v) is 8.08. The highest BCUT2D eigenvalue weighted by molar-refractivity contribution is 7.91. The zero-order valence-corrected chi connectivity index (χ0v) is 13.0. The summed E-state index contributed by atoms with van der Waals surface area (Å²) in [4.78, 5) is 4.49. The summed E-state index contributed by atoms with van der Waals surface area (Å²) in [5, 5.41) is 4.75. The summed E-state index contributed by atoms with van der Waals surface area (Å²) in [5.74, 6) is 0. The summed E-state index contributed by atoms with van der Waals surface area (Å²) >= 11 is 5.80. The lowest BCUT2D eigenvalue weighted by molar-refractivity contribution is 0.593. The Kier molecular flexibility index (Phi) is 3.22. The molecule has 0 atom stereocenters. The van der Waals surface area contributed by atoms with Crippen LogP contribution in [0.25, 0.3) is 5.65 Å². The molecule has 7 heteroatoms. The maximum Gasteiger partial charge on any atom is 0.209 e. The Morgan fingerprint density at radius 3 is 2.48 bits per heavy atom. The predicted molar refractivity (Wildman–Crippen MR) is 79.4 cm³/mol. The van der Waals surface area contributed by atoms with E-state index in [2.05, 4.69) is 10.1 Å². The lowest BCUT2D eigenvalue weighted by Gasteiger charge is -2.08. The zero-order valence-electron chi connectivity index (χ0n) is 11.4. The van der Waals surface area contributed by atoms with Gasteiger partial charge >= 0.3 is 0 Å². The van der Waals surface area contributed by atoms with E-state index in [9.17, 15) is 8.42 Å². The van der Waals surface area contributed by atoms with Gasteiger partial charge in [0.15, 0.2) is 5.65 Å². The van der Waals surface area contributed by atoms with Gasteiger partial charge in [-0.25, -0.2) is 17.9 Å². The summed E-state index contributed by atoms with van der Waals surface area (Å²) in [6.45, 7) is 3.55. The topological polar surface area (TPSA) is 64.3 Å². The number of fused-ring (bicyclic) bond motifs is 1. The van der Waals surface area contributed by atoms with Gasteiger partial charge in [0, 0.05) is 11.1 Å². The molecule has 0 aliphatic heterocycles. The Morgan fingerprint density at radius 1 is 1.14 bits per heavy atom. The minimum atomic E-state index is -3.65. The predicted octanol–water partition coefficient (Wildman–Crippen LogP) is 2.83. The normalized spacial score (nSPS) is 12.0. The molecule has 0 saturated heterocycles. The second-order valence-corrected chi connectivity index (χ2v) is 7.08. The van der Waals surface area contributed by atoms with Crippen molar-refractivity contribution in [1.82, 2.24) is 14.6 Å². The number of hydrogen-bond donors (Lipinski definition) is 0. The SMILES string of the molecule is Cc1cc2ncc(S(=O)(=O)c3ccc(Cl)cc3)c(C)n2n1. The van der Waals surface area contributed by atoms with E-state index in [-0.39, 0.29) is 9.79 Å². The van der Waals surface area contributed by atoms with E-state index in [0.717, 1.165) is 5.69 Å². The number of hydrogen-bond acceptors (Lipinski definition) is 4. The van der Waals surface area contributed by atoms with Crippen LogP contribution >= 0.6 is 11.6 Å². The molecule has 0 amide bonds. The number of halogens is 1. The van der Waals surface area contributed by atoms with Crippen molar-refractivity contribution in [2.75, 3.05) is 0 Å². The first kappa shape index (κ1) is 14.0.